The van der Waals surface area contributed by atoms with E-state index >= 15 is 0 Å². The molecule has 120 valence electrons. The van der Waals surface area contributed by atoms with Crippen LogP contribution in [0.1, 0.15) is 40.0 Å². The van der Waals surface area contributed by atoms with Crippen LogP contribution in [0, 0.1) is 11.8 Å². The number of aliphatic carboxylic acids is 1. The Bertz CT molecular complexity index is 395. The van der Waals surface area contributed by atoms with Crippen molar-refractivity contribution in [2.24, 2.45) is 11.8 Å². The summed E-state index contributed by atoms with van der Waals surface area (Å²) >= 11 is 1.58. The van der Waals surface area contributed by atoms with E-state index in [2.05, 4.69) is 0 Å². The third kappa shape index (κ3) is 3.72. The number of carboxylic acids is 1. The molecule has 1 saturated heterocycles. The molecule has 1 saturated carbocycles. The fourth-order valence-electron chi connectivity index (χ4n) is 3.11. The van der Waals surface area contributed by atoms with Crippen LogP contribution in [0.2, 0.25) is 0 Å². The SMILES string of the molecule is CCOC1CC(CC(=O)N2C(C(=O)O)CSC2C(C)C)C1. The van der Waals surface area contributed by atoms with Gasteiger partial charge in [-0.15, -0.1) is 11.8 Å². The standard InChI is InChI=1S/C15H25NO4S/c1-4-20-11-5-10(6-11)7-13(17)16-12(15(18)19)8-21-14(16)9(2)3/h9-12,14H,4-8H2,1-3H3,(H,18,19). The lowest BCUT2D eigenvalue weighted by Crippen LogP contribution is -2.48. The van der Waals surface area contributed by atoms with Crippen LogP contribution in [0.3, 0.4) is 0 Å². The second-order valence-electron chi connectivity index (χ2n) is 6.24. The summed E-state index contributed by atoms with van der Waals surface area (Å²) in [5.41, 5.74) is 0. The van der Waals surface area contributed by atoms with Crippen molar-refractivity contribution >= 4 is 23.6 Å². The molecule has 2 aliphatic rings. The van der Waals surface area contributed by atoms with Crippen molar-refractivity contribution in [3.8, 4) is 0 Å². The number of ether oxygens (including phenoxy) is 1. The molecule has 5 nitrogen and oxygen atoms in total. The number of hydrogen-bond donors (Lipinski definition) is 1. The Morgan fingerprint density at radius 3 is 2.57 bits per heavy atom. The average molecular weight is 315 g/mol. The van der Waals surface area contributed by atoms with Crippen molar-refractivity contribution in [3.05, 3.63) is 0 Å². The van der Waals surface area contributed by atoms with Gasteiger partial charge in [0.2, 0.25) is 5.91 Å². The third-order valence-electron chi connectivity index (χ3n) is 4.24. The van der Waals surface area contributed by atoms with E-state index in [-0.39, 0.29) is 23.3 Å². The van der Waals surface area contributed by atoms with Crippen LogP contribution in [0.15, 0.2) is 0 Å². The van der Waals surface area contributed by atoms with E-state index in [4.69, 9.17) is 4.74 Å². The summed E-state index contributed by atoms with van der Waals surface area (Å²) in [4.78, 5) is 25.5. The smallest absolute Gasteiger partial charge is 0.327 e. The molecule has 2 unspecified atom stereocenters. The molecule has 1 heterocycles. The minimum Gasteiger partial charge on any atom is -0.480 e. The Morgan fingerprint density at radius 2 is 2.05 bits per heavy atom. The number of amides is 1. The Morgan fingerprint density at radius 1 is 1.38 bits per heavy atom. The maximum Gasteiger partial charge on any atom is 0.327 e. The van der Waals surface area contributed by atoms with Gasteiger partial charge in [0, 0.05) is 18.8 Å². The summed E-state index contributed by atoms with van der Waals surface area (Å²) in [6.07, 6.45) is 2.59. The molecule has 21 heavy (non-hydrogen) atoms. The van der Waals surface area contributed by atoms with Gasteiger partial charge >= 0.3 is 5.97 Å². The first-order valence-corrected chi connectivity index (χ1v) is 8.76. The van der Waals surface area contributed by atoms with Crippen LogP contribution < -0.4 is 0 Å². The molecule has 2 fully saturated rings. The van der Waals surface area contributed by atoms with E-state index in [0.29, 0.717) is 24.7 Å². The lowest BCUT2D eigenvalue weighted by atomic mass is 9.79. The van der Waals surface area contributed by atoms with Gasteiger partial charge in [0.1, 0.15) is 6.04 Å². The minimum absolute atomic E-state index is 0.00829. The van der Waals surface area contributed by atoms with Crippen LogP contribution in [0.4, 0.5) is 0 Å². The lowest BCUT2D eigenvalue weighted by molar-refractivity contribution is -0.150. The van der Waals surface area contributed by atoms with Crippen LogP contribution in [-0.2, 0) is 14.3 Å². The Labute approximate surface area is 130 Å². The summed E-state index contributed by atoms with van der Waals surface area (Å²) < 4.78 is 5.51. The molecule has 1 aliphatic carbocycles. The fourth-order valence-corrected chi connectivity index (χ4v) is 4.61. The van der Waals surface area contributed by atoms with Gasteiger partial charge in [0.05, 0.1) is 11.5 Å². The number of thioether (sulfide) groups is 1. The highest BCUT2D eigenvalue weighted by molar-refractivity contribution is 8.00. The molecule has 1 aliphatic heterocycles. The second-order valence-corrected chi connectivity index (χ2v) is 7.39. The van der Waals surface area contributed by atoms with Crippen molar-refractivity contribution in [2.75, 3.05) is 12.4 Å². The van der Waals surface area contributed by atoms with Gasteiger partial charge in [0.25, 0.3) is 0 Å². The molecule has 0 bridgehead atoms. The Kier molecular flexibility index (Phi) is 5.54. The molecule has 2 atom stereocenters. The zero-order valence-corrected chi connectivity index (χ0v) is 13.8. The van der Waals surface area contributed by atoms with Crippen molar-refractivity contribution in [1.82, 2.24) is 4.90 Å². The monoisotopic (exact) mass is 315 g/mol. The normalized spacial score (nSPS) is 32.3. The largest absolute Gasteiger partial charge is 0.480 e. The summed E-state index contributed by atoms with van der Waals surface area (Å²) in [5.74, 6) is 0.213. The molecular formula is C15H25NO4S. The maximum absolute atomic E-state index is 12.6. The van der Waals surface area contributed by atoms with Crippen molar-refractivity contribution < 1.29 is 19.4 Å². The Hall–Kier alpha value is -0.750. The van der Waals surface area contributed by atoms with Crippen molar-refractivity contribution in [1.29, 1.82) is 0 Å². The summed E-state index contributed by atoms with van der Waals surface area (Å²) in [6, 6.07) is -0.669. The maximum atomic E-state index is 12.6. The molecule has 0 aromatic rings. The van der Waals surface area contributed by atoms with Gasteiger partial charge in [-0.2, -0.15) is 0 Å². The van der Waals surface area contributed by atoms with E-state index < -0.39 is 12.0 Å². The van der Waals surface area contributed by atoms with E-state index in [1.165, 1.54) is 0 Å². The predicted molar refractivity (Wildman–Crippen MR) is 82.1 cm³/mol. The van der Waals surface area contributed by atoms with Gasteiger partial charge in [-0.3, -0.25) is 4.79 Å². The Balaban J connectivity index is 1.93. The minimum atomic E-state index is -0.889. The molecule has 0 aromatic carbocycles. The molecule has 0 aromatic heterocycles. The summed E-state index contributed by atoms with van der Waals surface area (Å²) in [5, 5.41) is 9.31. The number of carboxylic acid groups (broad SMARTS) is 1. The molecule has 1 N–H and O–H groups in total. The first kappa shape index (κ1) is 16.6. The summed E-state index contributed by atoms with van der Waals surface area (Å²) in [6.45, 7) is 6.77. The molecule has 1 amide bonds. The molecule has 6 heteroatoms. The number of carbonyl (C=O) groups is 2. The number of nitrogens with zero attached hydrogens (tertiary/aromatic N) is 1. The first-order valence-electron chi connectivity index (χ1n) is 7.71. The van der Waals surface area contributed by atoms with E-state index in [1.54, 1.807) is 16.7 Å². The molecular weight excluding hydrogens is 290 g/mol. The highest BCUT2D eigenvalue weighted by Crippen LogP contribution is 2.38. The number of carbonyl (C=O) groups excluding carboxylic acids is 1. The number of rotatable bonds is 6. The van der Waals surface area contributed by atoms with Gasteiger partial charge in [-0.25, -0.2) is 4.79 Å². The van der Waals surface area contributed by atoms with E-state index in [0.717, 1.165) is 12.8 Å². The van der Waals surface area contributed by atoms with Gasteiger partial charge < -0.3 is 14.7 Å². The highest BCUT2D eigenvalue weighted by atomic mass is 32.2. The fraction of sp³-hybridized carbons (Fsp3) is 0.867. The lowest BCUT2D eigenvalue weighted by Gasteiger charge is -2.37. The van der Waals surface area contributed by atoms with E-state index in [1.807, 2.05) is 20.8 Å². The second kappa shape index (κ2) is 7.01. The van der Waals surface area contributed by atoms with Crippen LogP contribution >= 0.6 is 11.8 Å². The summed E-state index contributed by atoms with van der Waals surface area (Å²) in [7, 11) is 0. The number of hydrogen-bond acceptors (Lipinski definition) is 4. The quantitative estimate of drug-likeness (QED) is 0.814. The van der Waals surface area contributed by atoms with Gasteiger partial charge in [0.15, 0.2) is 0 Å². The third-order valence-corrected chi connectivity index (χ3v) is 5.86. The first-order chi connectivity index (χ1) is 9.93. The molecule has 2 rings (SSSR count). The van der Waals surface area contributed by atoms with Gasteiger partial charge in [-0.05, 0) is 31.6 Å². The van der Waals surface area contributed by atoms with Crippen molar-refractivity contribution in [3.63, 3.8) is 0 Å². The van der Waals surface area contributed by atoms with Crippen molar-refractivity contribution in [2.45, 2.75) is 57.6 Å². The van der Waals surface area contributed by atoms with E-state index in [9.17, 15) is 14.7 Å². The zero-order valence-electron chi connectivity index (χ0n) is 12.9. The topological polar surface area (TPSA) is 66.8 Å². The zero-order chi connectivity index (χ0) is 15.6. The van der Waals surface area contributed by atoms with Crippen LogP contribution in [0.25, 0.3) is 0 Å². The molecule has 0 radical (unpaired) electrons. The predicted octanol–water partition coefficient (Wildman–Crippen LogP) is 2.20. The van der Waals surface area contributed by atoms with Gasteiger partial charge in [-0.1, -0.05) is 13.8 Å². The van der Waals surface area contributed by atoms with Crippen LogP contribution in [0.5, 0.6) is 0 Å². The molecule has 0 spiro atoms. The average Bonchev–Trinajstić information content (AvgIpc) is 2.81. The highest BCUT2D eigenvalue weighted by Gasteiger charge is 2.44. The van der Waals surface area contributed by atoms with Crippen LogP contribution in [-0.4, -0.2) is 51.8 Å².